The van der Waals surface area contributed by atoms with E-state index < -0.39 is 64.0 Å². The number of carboxylic acid groups (broad SMARTS) is 2. The van der Waals surface area contributed by atoms with E-state index in [2.05, 4.69) is 14.8 Å². The minimum atomic E-state index is -5.24. The van der Waals surface area contributed by atoms with E-state index in [1.54, 1.807) is 30.3 Å². The first-order chi connectivity index (χ1) is 25.0. The molecule has 0 aliphatic carbocycles. The van der Waals surface area contributed by atoms with Gasteiger partial charge in [0.1, 0.15) is 5.65 Å². The molecule has 0 saturated carbocycles. The van der Waals surface area contributed by atoms with Crippen LogP contribution in [0.1, 0.15) is 45.6 Å². The standard InChI is InChI=1S/C37H35F6N5O5/c38-36(39,40)26-16-25(17-27(18-26)37(41,42)43)33(51)48-11-9-29(21-35(48,20-24-6-2-1-3-7-24)30(34(52)53)19-32(49)50)46-14-12-45(13-15-46)22-28-23-47-10-5-4-8-31(47)44-28/h1-8,10,16-19,23,29H,9,11-15,20-22H2,(H,49,50)(H,52,53)/b30-19-/t29-,35+/m1/s1. The highest BCUT2D eigenvalue weighted by molar-refractivity contribution is 6.00. The van der Waals surface area contributed by atoms with Gasteiger partial charge in [0.05, 0.1) is 27.9 Å². The van der Waals surface area contributed by atoms with Crippen LogP contribution in [0.5, 0.6) is 0 Å². The van der Waals surface area contributed by atoms with Crippen LogP contribution in [-0.2, 0) is 34.9 Å². The molecule has 2 aliphatic rings. The molecule has 2 aliphatic heterocycles. The van der Waals surface area contributed by atoms with Gasteiger partial charge in [0.2, 0.25) is 0 Å². The zero-order valence-electron chi connectivity index (χ0n) is 28.1. The number of hydrogen-bond acceptors (Lipinski definition) is 6. The third-order valence-electron chi connectivity index (χ3n) is 9.92. The van der Waals surface area contributed by atoms with E-state index in [0.717, 1.165) is 16.2 Å². The molecule has 0 unspecified atom stereocenters. The van der Waals surface area contributed by atoms with Crippen LogP contribution in [0.3, 0.4) is 0 Å². The molecule has 2 saturated heterocycles. The van der Waals surface area contributed by atoms with Gasteiger partial charge in [0.15, 0.2) is 0 Å². The SMILES string of the molecule is O=C(O)/C=C(/C(=O)O)[C@]1(Cc2ccccc2)C[C@H](N2CCN(Cc3cn4ccccc4n3)CC2)CCN1C(=O)c1cc(C(F)(F)F)cc(C(F)(F)F)c1. The highest BCUT2D eigenvalue weighted by Crippen LogP contribution is 2.43. The topological polar surface area (TPSA) is 119 Å². The molecule has 4 heterocycles. The number of amides is 1. The van der Waals surface area contributed by atoms with Crippen LogP contribution in [0, 0.1) is 0 Å². The van der Waals surface area contributed by atoms with E-state index in [-0.39, 0.29) is 31.9 Å². The van der Waals surface area contributed by atoms with Gasteiger partial charge in [-0.25, -0.2) is 14.6 Å². The number of carbonyl (C=O) groups excluding carboxylic acids is 1. The van der Waals surface area contributed by atoms with E-state index in [1.807, 2.05) is 35.0 Å². The van der Waals surface area contributed by atoms with Crippen LogP contribution in [0.2, 0.25) is 0 Å². The number of carboxylic acids is 2. The van der Waals surface area contributed by atoms with Gasteiger partial charge in [-0.1, -0.05) is 36.4 Å². The third kappa shape index (κ3) is 8.23. The van der Waals surface area contributed by atoms with Crippen molar-refractivity contribution in [3.63, 3.8) is 0 Å². The van der Waals surface area contributed by atoms with Gasteiger partial charge in [-0.2, -0.15) is 26.3 Å². The summed E-state index contributed by atoms with van der Waals surface area (Å²) < 4.78 is 85.1. The minimum absolute atomic E-state index is 0.0953. The molecule has 280 valence electrons. The molecular weight excluding hydrogens is 708 g/mol. The second-order valence-electron chi connectivity index (χ2n) is 13.3. The van der Waals surface area contributed by atoms with Crippen LogP contribution in [0.15, 0.2) is 90.8 Å². The molecule has 53 heavy (non-hydrogen) atoms. The summed E-state index contributed by atoms with van der Waals surface area (Å²) in [6, 6.07) is 14.0. The average Bonchev–Trinajstić information content (AvgIpc) is 3.52. The predicted molar refractivity (Wildman–Crippen MR) is 179 cm³/mol. The summed E-state index contributed by atoms with van der Waals surface area (Å²) in [7, 11) is 0. The van der Waals surface area contributed by atoms with Crippen molar-refractivity contribution in [2.24, 2.45) is 0 Å². The molecular formula is C37H35F6N5O5. The molecule has 2 aromatic carbocycles. The lowest BCUT2D eigenvalue weighted by Gasteiger charge is -2.53. The highest BCUT2D eigenvalue weighted by Gasteiger charge is 2.52. The molecule has 2 aromatic heterocycles. The fraction of sp³-hybridized carbons (Fsp3) is 0.351. The van der Waals surface area contributed by atoms with Gasteiger partial charge >= 0.3 is 24.3 Å². The zero-order chi connectivity index (χ0) is 38.1. The Labute approximate surface area is 299 Å². The van der Waals surface area contributed by atoms with E-state index in [1.165, 1.54) is 0 Å². The number of piperazine rings is 1. The summed E-state index contributed by atoms with van der Waals surface area (Å²) in [5.74, 6) is -4.63. The number of hydrogen-bond donors (Lipinski definition) is 2. The van der Waals surface area contributed by atoms with Gasteiger partial charge in [-0.05, 0) is 48.7 Å². The van der Waals surface area contributed by atoms with Crippen molar-refractivity contribution in [3.8, 4) is 0 Å². The molecule has 2 N–H and O–H groups in total. The number of piperidine rings is 1. The lowest BCUT2D eigenvalue weighted by atomic mass is 9.72. The number of pyridine rings is 1. The normalized spacial score (nSPS) is 20.8. The number of rotatable bonds is 9. The van der Waals surface area contributed by atoms with E-state index in [9.17, 15) is 50.9 Å². The first-order valence-electron chi connectivity index (χ1n) is 16.8. The van der Waals surface area contributed by atoms with Crippen molar-refractivity contribution in [2.75, 3.05) is 32.7 Å². The lowest BCUT2D eigenvalue weighted by molar-refractivity contribution is -0.143. The maximum absolute atomic E-state index is 14.3. The van der Waals surface area contributed by atoms with Gasteiger partial charge in [0, 0.05) is 75.8 Å². The number of nitrogens with zero attached hydrogens (tertiary/aromatic N) is 5. The molecule has 0 spiro atoms. The summed E-state index contributed by atoms with van der Waals surface area (Å²) in [5, 5.41) is 20.4. The van der Waals surface area contributed by atoms with Crippen molar-refractivity contribution in [1.29, 1.82) is 0 Å². The molecule has 1 amide bonds. The van der Waals surface area contributed by atoms with Crippen LogP contribution in [0.25, 0.3) is 5.65 Å². The van der Waals surface area contributed by atoms with Crippen molar-refractivity contribution >= 4 is 23.5 Å². The van der Waals surface area contributed by atoms with Gasteiger partial charge in [-0.3, -0.25) is 14.6 Å². The summed E-state index contributed by atoms with van der Waals surface area (Å²) in [5.41, 5.74) is -4.94. The Morgan fingerprint density at radius 1 is 0.849 bits per heavy atom. The van der Waals surface area contributed by atoms with Gasteiger partial charge in [-0.15, -0.1) is 0 Å². The summed E-state index contributed by atoms with van der Waals surface area (Å²) >= 11 is 0. The summed E-state index contributed by atoms with van der Waals surface area (Å²) in [6.45, 7) is 2.52. The number of aliphatic carboxylic acids is 2. The fourth-order valence-electron chi connectivity index (χ4n) is 7.49. The Bertz CT molecular complexity index is 1960. The third-order valence-corrected chi connectivity index (χ3v) is 9.92. The molecule has 2 atom stereocenters. The largest absolute Gasteiger partial charge is 0.478 e. The predicted octanol–water partition coefficient (Wildman–Crippen LogP) is 5.87. The number of halogens is 6. The first-order valence-corrected chi connectivity index (χ1v) is 16.8. The monoisotopic (exact) mass is 743 g/mol. The number of benzene rings is 2. The zero-order valence-corrected chi connectivity index (χ0v) is 28.1. The van der Waals surface area contributed by atoms with Crippen molar-refractivity contribution in [1.82, 2.24) is 24.1 Å². The Morgan fingerprint density at radius 3 is 2.08 bits per heavy atom. The van der Waals surface area contributed by atoms with Crippen molar-refractivity contribution in [2.45, 2.75) is 49.7 Å². The molecule has 10 nitrogen and oxygen atoms in total. The number of likely N-dealkylation sites (tertiary alicyclic amines) is 1. The molecule has 4 aromatic rings. The number of aromatic nitrogens is 2. The molecule has 0 bridgehead atoms. The maximum atomic E-state index is 14.3. The van der Waals surface area contributed by atoms with Gasteiger partial charge < -0.3 is 19.5 Å². The van der Waals surface area contributed by atoms with E-state index >= 15 is 0 Å². The number of alkyl halides is 6. The Hall–Kier alpha value is -5.22. The number of imidazole rings is 1. The lowest BCUT2D eigenvalue weighted by Crippen LogP contribution is -2.64. The van der Waals surface area contributed by atoms with Crippen LogP contribution >= 0.6 is 0 Å². The smallest absolute Gasteiger partial charge is 0.416 e. The Balaban J connectivity index is 1.37. The second kappa shape index (κ2) is 14.7. The van der Waals surface area contributed by atoms with Crippen LogP contribution < -0.4 is 0 Å². The molecule has 0 radical (unpaired) electrons. The summed E-state index contributed by atoms with van der Waals surface area (Å²) in [6.07, 6.45) is -6.43. The number of fused-ring (bicyclic) bond motifs is 1. The van der Waals surface area contributed by atoms with Crippen LogP contribution in [-0.4, -0.2) is 96.4 Å². The average molecular weight is 744 g/mol. The highest BCUT2D eigenvalue weighted by atomic mass is 19.4. The summed E-state index contributed by atoms with van der Waals surface area (Å²) in [4.78, 5) is 49.3. The Morgan fingerprint density at radius 2 is 1.49 bits per heavy atom. The fourth-order valence-corrected chi connectivity index (χ4v) is 7.49. The minimum Gasteiger partial charge on any atom is -0.478 e. The van der Waals surface area contributed by atoms with E-state index in [0.29, 0.717) is 56.5 Å². The first kappa shape index (κ1) is 37.5. The van der Waals surface area contributed by atoms with Crippen LogP contribution in [0.4, 0.5) is 26.3 Å². The molecule has 6 rings (SSSR count). The second-order valence-corrected chi connectivity index (χ2v) is 13.3. The van der Waals surface area contributed by atoms with Gasteiger partial charge in [0.25, 0.3) is 5.91 Å². The quantitative estimate of drug-likeness (QED) is 0.162. The Kier molecular flexibility index (Phi) is 10.4. The van der Waals surface area contributed by atoms with Crippen molar-refractivity contribution in [3.05, 3.63) is 119 Å². The molecule has 2 fully saturated rings. The van der Waals surface area contributed by atoms with E-state index in [4.69, 9.17) is 0 Å². The maximum Gasteiger partial charge on any atom is 0.416 e. The molecule has 16 heteroatoms. The number of carbonyl (C=O) groups is 3. The van der Waals surface area contributed by atoms with Crippen molar-refractivity contribution < 1.29 is 50.9 Å².